The summed E-state index contributed by atoms with van der Waals surface area (Å²) in [6, 6.07) is 7.90. The topological polar surface area (TPSA) is 250 Å². The van der Waals surface area contributed by atoms with Crippen molar-refractivity contribution in [2.45, 2.75) is 9.79 Å². The lowest BCUT2D eigenvalue weighted by atomic mass is 9.93. The second kappa shape index (κ2) is 9.40. The summed E-state index contributed by atoms with van der Waals surface area (Å²) in [5.41, 5.74) is 13.3. The van der Waals surface area contributed by atoms with Crippen molar-refractivity contribution in [3.63, 3.8) is 0 Å². The Hall–Kier alpha value is -4.54. The molecule has 0 unspecified atom stereocenters. The average Bonchev–Trinajstić information content (AvgIpc) is 2.84. The molecule has 1 heterocycles. The maximum atomic E-state index is 13.2. The normalized spacial score (nSPS) is 13.4. The average molecular weight is 561 g/mol. The van der Waals surface area contributed by atoms with E-state index in [9.17, 15) is 40.3 Å². The molecule has 0 aromatic heterocycles. The van der Waals surface area contributed by atoms with Crippen molar-refractivity contribution in [3.8, 4) is 0 Å². The molecule has 0 aliphatic carbocycles. The highest BCUT2D eigenvalue weighted by molar-refractivity contribution is 7.86. The quantitative estimate of drug-likeness (QED) is 0.0815. The largest absolute Gasteiger partial charge is 0.397 e. The van der Waals surface area contributed by atoms with Crippen molar-refractivity contribution in [2.75, 3.05) is 18.8 Å². The Morgan fingerprint density at radius 1 is 1.00 bits per heavy atom. The third kappa shape index (κ3) is 4.74. The smallest absolute Gasteiger partial charge is 0.296 e. The lowest BCUT2D eigenvalue weighted by Crippen LogP contribution is -2.44. The molecule has 0 fully saturated rings. The molecule has 3 amide bonds. The van der Waals surface area contributed by atoms with Crippen LogP contribution in [0.2, 0.25) is 0 Å². The molecule has 0 spiro atoms. The van der Waals surface area contributed by atoms with Gasteiger partial charge in [0.15, 0.2) is 0 Å². The van der Waals surface area contributed by atoms with Gasteiger partial charge in [0.25, 0.3) is 38.0 Å². The summed E-state index contributed by atoms with van der Waals surface area (Å²) in [7, 11) is -9.90. The van der Waals surface area contributed by atoms with Crippen LogP contribution in [-0.4, -0.2) is 61.7 Å². The van der Waals surface area contributed by atoms with Crippen molar-refractivity contribution in [2.24, 2.45) is 5.11 Å². The van der Waals surface area contributed by atoms with E-state index in [1.165, 1.54) is 24.3 Å². The minimum Gasteiger partial charge on any atom is -0.397 e. The van der Waals surface area contributed by atoms with Gasteiger partial charge in [0, 0.05) is 40.0 Å². The van der Waals surface area contributed by atoms with Crippen molar-refractivity contribution >= 4 is 60.1 Å². The molecule has 4 rings (SSSR count). The molecule has 5 N–H and O–H groups in total. The van der Waals surface area contributed by atoms with E-state index in [2.05, 4.69) is 15.3 Å². The lowest BCUT2D eigenvalue weighted by molar-refractivity contribution is 0.0607. The molecule has 1 aliphatic heterocycles. The van der Waals surface area contributed by atoms with Gasteiger partial charge >= 0.3 is 0 Å². The molecule has 17 heteroatoms. The molecule has 196 valence electrons. The Morgan fingerprint density at radius 2 is 1.61 bits per heavy atom. The highest BCUT2D eigenvalue weighted by Gasteiger charge is 2.36. The van der Waals surface area contributed by atoms with Crippen LogP contribution in [-0.2, 0) is 20.2 Å². The van der Waals surface area contributed by atoms with Crippen LogP contribution < -0.4 is 11.1 Å². The molecular weight excluding hydrogens is 544 g/mol. The van der Waals surface area contributed by atoms with Gasteiger partial charge in [-0.1, -0.05) is 17.2 Å². The van der Waals surface area contributed by atoms with Crippen LogP contribution in [0.1, 0.15) is 31.1 Å². The number of hydrogen-bond acceptors (Lipinski definition) is 9. The Morgan fingerprint density at radius 3 is 2.16 bits per heavy atom. The van der Waals surface area contributed by atoms with Crippen LogP contribution in [0.3, 0.4) is 0 Å². The van der Waals surface area contributed by atoms with Gasteiger partial charge in [-0.2, -0.15) is 16.8 Å². The van der Waals surface area contributed by atoms with Gasteiger partial charge in [-0.15, -0.1) is 0 Å². The number of carbonyl (C=O) groups is 3. The van der Waals surface area contributed by atoms with Gasteiger partial charge in [0.2, 0.25) is 0 Å². The van der Waals surface area contributed by atoms with E-state index >= 15 is 0 Å². The van der Waals surface area contributed by atoms with Crippen LogP contribution in [0.5, 0.6) is 0 Å². The van der Waals surface area contributed by atoms with Gasteiger partial charge in [0.1, 0.15) is 4.90 Å². The molecule has 15 nitrogen and oxygen atoms in total. The zero-order chi connectivity index (χ0) is 28.0. The molecule has 0 saturated carbocycles. The Balaban J connectivity index is 1.71. The SMILES string of the molecule is [N-]=[N+]=Nc1ccc(C(=O)NCCN2C(=O)c3cc(S(=O)(=O)O)cc4c(N)c(S(=O)(=O)O)cc(c34)C2=O)cc1. The number of azide groups is 1. The monoisotopic (exact) mass is 560 g/mol. The third-order valence-corrected chi connectivity index (χ3v) is 7.37. The van der Waals surface area contributed by atoms with Crippen molar-refractivity contribution in [3.05, 3.63) is 69.6 Å². The highest BCUT2D eigenvalue weighted by Crippen LogP contribution is 2.38. The predicted octanol–water partition coefficient (Wildman–Crippen LogP) is 1.88. The first-order valence-electron chi connectivity index (χ1n) is 10.4. The molecule has 0 atom stereocenters. The summed E-state index contributed by atoms with van der Waals surface area (Å²) in [5.74, 6) is -2.58. The number of amides is 3. The van der Waals surface area contributed by atoms with Gasteiger partial charge in [-0.3, -0.25) is 28.4 Å². The molecule has 38 heavy (non-hydrogen) atoms. The number of nitrogen functional groups attached to an aromatic ring is 1. The number of imide groups is 1. The lowest BCUT2D eigenvalue weighted by Gasteiger charge is -2.28. The maximum Gasteiger partial charge on any atom is 0.296 e. The van der Waals surface area contributed by atoms with E-state index < -0.39 is 60.0 Å². The van der Waals surface area contributed by atoms with Crippen LogP contribution in [0.4, 0.5) is 11.4 Å². The van der Waals surface area contributed by atoms with Crippen molar-refractivity contribution < 1.29 is 40.3 Å². The van der Waals surface area contributed by atoms with Crippen LogP contribution in [0, 0.1) is 0 Å². The van der Waals surface area contributed by atoms with Crippen LogP contribution in [0.25, 0.3) is 21.2 Å². The minimum absolute atomic E-state index is 0.169. The summed E-state index contributed by atoms with van der Waals surface area (Å²) in [4.78, 5) is 40.4. The first kappa shape index (κ1) is 26.5. The highest BCUT2D eigenvalue weighted by atomic mass is 32.2. The standard InChI is InChI=1S/C21H16N6O9S2/c22-18-13-7-12(37(31,32)33)8-14-17(13)15(9-16(18)38(34,35)36)21(30)27(20(14)29)6-5-24-19(28)10-1-3-11(4-2-10)25-26-23/h1-4,7-9H,5-6,22H2,(H,24,28)(H,31,32,33)(H,34,35,36). The first-order valence-corrected chi connectivity index (χ1v) is 13.3. The van der Waals surface area contributed by atoms with E-state index in [1.807, 2.05) is 0 Å². The molecule has 1 aliphatic rings. The summed E-state index contributed by atoms with van der Waals surface area (Å²) in [6.07, 6.45) is 0. The van der Waals surface area contributed by atoms with Crippen LogP contribution in [0.15, 0.2) is 57.4 Å². The maximum absolute atomic E-state index is 13.2. The number of anilines is 1. The number of hydrogen-bond donors (Lipinski definition) is 4. The number of carbonyl (C=O) groups excluding carboxylic acids is 3. The Bertz CT molecular complexity index is 1790. The second-order valence-corrected chi connectivity index (χ2v) is 10.7. The summed E-state index contributed by atoms with van der Waals surface area (Å²) >= 11 is 0. The first-order chi connectivity index (χ1) is 17.7. The zero-order valence-corrected chi connectivity index (χ0v) is 20.5. The van der Waals surface area contributed by atoms with E-state index in [0.29, 0.717) is 4.90 Å². The Labute approximate surface area is 214 Å². The summed E-state index contributed by atoms with van der Waals surface area (Å²) < 4.78 is 66.5. The van der Waals surface area contributed by atoms with Crippen molar-refractivity contribution in [1.29, 1.82) is 0 Å². The molecule has 3 aromatic carbocycles. The van der Waals surface area contributed by atoms with Gasteiger partial charge in [-0.25, -0.2) is 0 Å². The number of nitrogens with one attached hydrogen (secondary N) is 1. The molecular formula is C21H16N6O9S2. The van der Waals surface area contributed by atoms with E-state index in [0.717, 1.165) is 18.2 Å². The summed E-state index contributed by atoms with van der Waals surface area (Å²) in [6.45, 7) is -0.673. The fourth-order valence-electron chi connectivity index (χ4n) is 3.93. The molecule has 0 bridgehead atoms. The second-order valence-electron chi connectivity index (χ2n) is 7.93. The van der Waals surface area contributed by atoms with Gasteiger partial charge < -0.3 is 11.1 Å². The zero-order valence-electron chi connectivity index (χ0n) is 18.9. The molecule has 0 radical (unpaired) electrons. The van der Waals surface area contributed by atoms with E-state index in [-0.39, 0.29) is 39.7 Å². The molecule has 3 aromatic rings. The van der Waals surface area contributed by atoms with Crippen LogP contribution >= 0.6 is 0 Å². The fraction of sp³-hybridized carbons (Fsp3) is 0.0952. The van der Waals surface area contributed by atoms with E-state index in [1.54, 1.807) is 0 Å². The fourth-order valence-corrected chi connectivity index (χ4v) is 5.12. The van der Waals surface area contributed by atoms with Crippen molar-refractivity contribution in [1.82, 2.24) is 10.2 Å². The Kier molecular flexibility index (Phi) is 6.56. The van der Waals surface area contributed by atoms with Gasteiger partial charge in [0.05, 0.1) is 21.7 Å². The van der Waals surface area contributed by atoms with Gasteiger partial charge in [-0.05, 0) is 35.9 Å². The number of benzene rings is 3. The number of rotatable bonds is 7. The predicted molar refractivity (Wildman–Crippen MR) is 131 cm³/mol. The van der Waals surface area contributed by atoms with E-state index in [4.69, 9.17) is 11.3 Å². The third-order valence-electron chi connectivity index (χ3n) is 5.65. The minimum atomic E-state index is -4.99. The summed E-state index contributed by atoms with van der Waals surface area (Å²) in [5, 5.41) is 5.34. The number of nitrogens with two attached hydrogens (primary N) is 1. The molecule has 0 saturated heterocycles. The number of nitrogens with zero attached hydrogens (tertiary/aromatic N) is 4.